The normalized spacial score (nSPS) is 15.1. The number of carbonyl (C=O) groups excluding carboxylic acids is 1. The number of piperazine rings is 1. The molecule has 1 saturated heterocycles. The zero-order valence-electron chi connectivity index (χ0n) is 18.3. The number of hydrogen-bond acceptors (Lipinski definition) is 6. The quantitative estimate of drug-likeness (QED) is 0.403. The molecule has 4 aromatic rings. The van der Waals surface area contributed by atoms with Crippen molar-refractivity contribution in [1.29, 1.82) is 0 Å². The summed E-state index contributed by atoms with van der Waals surface area (Å²) < 4.78 is 27.9. The molecule has 34 heavy (non-hydrogen) atoms. The minimum atomic E-state index is -3.67. The summed E-state index contributed by atoms with van der Waals surface area (Å²) in [5, 5.41) is 3.06. The van der Waals surface area contributed by atoms with E-state index in [1.165, 1.54) is 15.6 Å². The summed E-state index contributed by atoms with van der Waals surface area (Å²) in [4.78, 5) is 24.3. The second kappa shape index (κ2) is 9.07. The SMILES string of the molecule is Cc1nc(-c2ccncc2)sc1C(=O)N1CCN(S(=O)(=O)c2ccc3cc(Cl)ccc3c2)CC1. The molecular weight excluding hydrogens is 492 g/mol. The molecule has 1 amide bonds. The molecule has 7 nitrogen and oxygen atoms in total. The van der Waals surface area contributed by atoms with Crippen LogP contribution in [0.15, 0.2) is 65.8 Å². The highest BCUT2D eigenvalue weighted by atomic mass is 35.5. The Hall–Kier alpha value is -2.85. The Morgan fingerprint density at radius 3 is 2.38 bits per heavy atom. The van der Waals surface area contributed by atoms with Gasteiger partial charge in [0.15, 0.2) is 0 Å². The van der Waals surface area contributed by atoms with Crippen molar-refractivity contribution in [3.63, 3.8) is 0 Å². The van der Waals surface area contributed by atoms with Gasteiger partial charge in [-0.15, -0.1) is 11.3 Å². The van der Waals surface area contributed by atoms with Crippen LogP contribution in [0.3, 0.4) is 0 Å². The number of benzene rings is 2. The van der Waals surface area contributed by atoms with Gasteiger partial charge in [-0.05, 0) is 54.1 Å². The number of thiazole rings is 1. The number of aryl methyl sites for hydroxylation is 1. The minimum Gasteiger partial charge on any atom is -0.335 e. The van der Waals surface area contributed by atoms with Crippen LogP contribution in [0.25, 0.3) is 21.3 Å². The summed E-state index contributed by atoms with van der Waals surface area (Å²) in [6, 6.07) is 14.1. The van der Waals surface area contributed by atoms with Crippen molar-refractivity contribution in [3.8, 4) is 10.6 Å². The lowest BCUT2D eigenvalue weighted by Crippen LogP contribution is -2.50. The van der Waals surface area contributed by atoms with E-state index in [1.807, 2.05) is 25.1 Å². The van der Waals surface area contributed by atoms with Crippen LogP contribution in [0, 0.1) is 6.92 Å². The maximum atomic E-state index is 13.2. The fourth-order valence-electron chi connectivity index (χ4n) is 3.99. The van der Waals surface area contributed by atoms with E-state index in [-0.39, 0.29) is 23.9 Å². The first kappa shape index (κ1) is 22.9. The first-order valence-corrected chi connectivity index (χ1v) is 13.3. The van der Waals surface area contributed by atoms with Crippen LogP contribution < -0.4 is 0 Å². The van der Waals surface area contributed by atoms with Crippen LogP contribution in [-0.2, 0) is 10.0 Å². The van der Waals surface area contributed by atoms with Gasteiger partial charge in [0.1, 0.15) is 9.88 Å². The smallest absolute Gasteiger partial charge is 0.265 e. The zero-order valence-corrected chi connectivity index (χ0v) is 20.7. The fourth-order valence-corrected chi connectivity index (χ4v) is 6.67. The maximum absolute atomic E-state index is 13.2. The summed E-state index contributed by atoms with van der Waals surface area (Å²) in [7, 11) is -3.67. The van der Waals surface area contributed by atoms with Crippen LogP contribution in [0.2, 0.25) is 5.02 Å². The Balaban J connectivity index is 1.30. The van der Waals surface area contributed by atoms with E-state index in [9.17, 15) is 13.2 Å². The van der Waals surface area contributed by atoms with Crippen molar-refractivity contribution < 1.29 is 13.2 Å². The summed E-state index contributed by atoms with van der Waals surface area (Å²) in [6.07, 6.45) is 3.38. The van der Waals surface area contributed by atoms with E-state index in [2.05, 4.69) is 9.97 Å². The van der Waals surface area contributed by atoms with Crippen LogP contribution in [-0.4, -0.2) is 59.7 Å². The Morgan fingerprint density at radius 1 is 0.971 bits per heavy atom. The third-order valence-corrected chi connectivity index (χ3v) is 9.18. The molecule has 0 saturated carbocycles. The zero-order chi connectivity index (χ0) is 23.9. The van der Waals surface area contributed by atoms with Crippen molar-refractivity contribution in [2.75, 3.05) is 26.2 Å². The van der Waals surface area contributed by atoms with Crippen molar-refractivity contribution in [2.24, 2.45) is 0 Å². The maximum Gasteiger partial charge on any atom is 0.265 e. The summed E-state index contributed by atoms with van der Waals surface area (Å²) >= 11 is 7.38. The third kappa shape index (κ3) is 4.32. The van der Waals surface area contributed by atoms with Gasteiger partial charge in [-0.2, -0.15) is 4.31 Å². The largest absolute Gasteiger partial charge is 0.335 e. The number of hydrogen-bond donors (Lipinski definition) is 0. The van der Waals surface area contributed by atoms with Gasteiger partial charge in [0.25, 0.3) is 5.91 Å². The number of amides is 1. The molecular formula is C24H21ClN4O3S2. The van der Waals surface area contributed by atoms with Gasteiger partial charge in [0, 0.05) is 49.2 Å². The van der Waals surface area contributed by atoms with Gasteiger partial charge in [-0.25, -0.2) is 13.4 Å². The van der Waals surface area contributed by atoms with Gasteiger partial charge < -0.3 is 4.90 Å². The molecule has 0 bridgehead atoms. The number of nitrogens with zero attached hydrogens (tertiary/aromatic N) is 4. The molecule has 5 rings (SSSR count). The average Bonchev–Trinajstić information content (AvgIpc) is 3.25. The van der Waals surface area contributed by atoms with Gasteiger partial charge in [-0.3, -0.25) is 9.78 Å². The second-order valence-electron chi connectivity index (χ2n) is 8.02. The molecule has 174 valence electrons. The lowest BCUT2D eigenvalue weighted by molar-refractivity contribution is 0.0702. The number of halogens is 1. The highest BCUT2D eigenvalue weighted by Crippen LogP contribution is 2.29. The third-order valence-electron chi connectivity index (χ3n) is 5.86. The molecule has 1 aliphatic rings. The monoisotopic (exact) mass is 512 g/mol. The standard InChI is InChI=1S/C24H21ClN4O3S2/c1-16-22(33-23(27-16)17-6-8-26-9-7-17)24(30)28-10-12-29(13-11-28)34(31,32)21-5-3-18-14-20(25)4-2-19(18)15-21/h2-9,14-15H,10-13H2,1H3. The average molecular weight is 513 g/mol. The molecule has 0 radical (unpaired) electrons. The number of rotatable bonds is 4. The Kier molecular flexibility index (Phi) is 6.11. The number of aromatic nitrogens is 2. The number of carbonyl (C=O) groups is 1. The van der Waals surface area contributed by atoms with Crippen LogP contribution >= 0.6 is 22.9 Å². The molecule has 2 aromatic carbocycles. The van der Waals surface area contributed by atoms with Crippen LogP contribution in [0.1, 0.15) is 15.4 Å². The van der Waals surface area contributed by atoms with E-state index in [0.717, 1.165) is 21.3 Å². The molecule has 0 spiro atoms. The van der Waals surface area contributed by atoms with Gasteiger partial charge in [0.2, 0.25) is 10.0 Å². The highest BCUT2D eigenvalue weighted by molar-refractivity contribution is 7.89. The number of fused-ring (bicyclic) bond motifs is 1. The Bertz CT molecular complexity index is 1480. The van der Waals surface area contributed by atoms with E-state index in [0.29, 0.717) is 28.7 Å². The molecule has 1 aliphatic heterocycles. The summed E-state index contributed by atoms with van der Waals surface area (Å²) in [5.41, 5.74) is 1.59. The second-order valence-corrected chi connectivity index (χ2v) is 11.4. The molecule has 1 fully saturated rings. The van der Waals surface area contributed by atoms with Gasteiger partial charge in [-0.1, -0.05) is 23.7 Å². The Morgan fingerprint density at radius 2 is 1.65 bits per heavy atom. The predicted molar refractivity (Wildman–Crippen MR) is 134 cm³/mol. The lowest BCUT2D eigenvalue weighted by Gasteiger charge is -2.33. The van der Waals surface area contributed by atoms with Crippen LogP contribution in [0.5, 0.6) is 0 Å². The van der Waals surface area contributed by atoms with Crippen LogP contribution in [0.4, 0.5) is 0 Å². The first-order valence-electron chi connectivity index (χ1n) is 10.7. The fraction of sp³-hybridized carbons (Fsp3) is 0.208. The lowest BCUT2D eigenvalue weighted by atomic mass is 10.1. The number of sulfonamides is 1. The van der Waals surface area contributed by atoms with Crippen molar-refractivity contribution in [1.82, 2.24) is 19.2 Å². The highest BCUT2D eigenvalue weighted by Gasteiger charge is 2.31. The molecule has 10 heteroatoms. The topological polar surface area (TPSA) is 83.5 Å². The van der Waals surface area contributed by atoms with Crippen molar-refractivity contribution >= 4 is 49.6 Å². The van der Waals surface area contributed by atoms with E-state index in [4.69, 9.17) is 11.6 Å². The Labute approximate surface area is 206 Å². The van der Waals surface area contributed by atoms with Crippen molar-refractivity contribution in [2.45, 2.75) is 11.8 Å². The summed E-state index contributed by atoms with van der Waals surface area (Å²) in [5.74, 6) is -0.116. The summed E-state index contributed by atoms with van der Waals surface area (Å²) in [6.45, 7) is 2.94. The molecule has 2 aromatic heterocycles. The number of pyridine rings is 1. The molecule has 0 unspecified atom stereocenters. The van der Waals surface area contributed by atoms with Gasteiger partial charge >= 0.3 is 0 Å². The predicted octanol–water partition coefficient (Wildman–Crippen LogP) is 4.47. The molecule has 0 aliphatic carbocycles. The minimum absolute atomic E-state index is 0.116. The van der Waals surface area contributed by atoms with E-state index < -0.39 is 10.0 Å². The first-order chi connectivity index (χ1) is 16.3. The molecule has 3 heterocycles. The van der Waals surface area contributed by atoms with E-state index >= 15 is 0 Å². The molecule has 0 N–H and O–H groups in total. The van der Waals surface area contributed by atoms with Gasteiger partial charge in [0.05, 0.1) is 10.6 Å². The van der Waals surface area contributed by atoms with E-state index in [1.54, 1.807) is 47.6 Å². The van der Waals surface area contributed by atoms with Crippen molar-refractivity contribution in [3.05, 3.63) is 76.5 Å². The molecule has 0 atom stereocenters.